The molecule has 0 aromatic rings. The van der Waals surface area contributed by atoms with Crippen LogP contribution in [0.3, 0.4) is 0 Å². The molecule has 0 aromatic heterocycles. The molecule has 0 radical (unpaired) electrons. The lowest BCUT2D eigenvalue weighted by molar-refractivity contribution is -0.433. The van der Waals surface area contributed by atoms with Crippen LogP contribution in [0.4, 0.5) is 57.1 Å². The maximum Gasteiger partial charge on any atom is 0.460 e. The fourth-order valence-electron chi connectivity index (χ4n) is 1.39. The Morgan fingerprint density at radius 1 is 0.593 bits per heavy atom. The summed E-state index contributed by atoms with van der Waals surface area (Å²) in [4.78, 5) is 0. The van der Waals surface area contributed by atoms with E-state index < -0.39 is 53.4 Å². The van der Waals surface area contributed by atoms with Gasteiger partial charge in [-0.3, -0.25) is 0 Å². The van der Waals surface area contributed by atoms with Crippen LogP contribution in [-0.4, -0.2) is 51.8 Å². The number of halogens is 13. The molecular formula is C9H10F13NO2SSi. The van der Waals surface area contributed by atoms with Crippen LogP contribution in [0.5, 0.6) is 0 Å². The van der Waals surface area contributed by atoms with Crippen LogP contribution >= 0.6 is 0 Å². The van der Waals surface area contributed by atoms with Crippen molar-refractivity contribution in [1.82, 2.24) is 4.39 Å². The number of nitrogens with one attached hydrogen (secondary N) is 1. The Hall–Kier alpha value is -0.783. The first-order valence-electron chi connectivity index (χ1n) is 6.20. The van der Waals surface area contributed by atoms with Crippen molar-refractivity contribution in [2.75, 3.05) is 0 Å². The Balaban J connectivity index is 6.57. The number of sulfonamides is 1. The van der Waals surface area contributed by atoms with Crippen LogP contribution in [0.25, 0.3) is 0 Å². The first kappa shape index (κ1) is 26.2. The molecular weight excluding hydrogens is 461 g/mol. The minimum Gasteiger partial charge on any atom is -0.232 e. The molecule has 1 N–H and O–H groups in total. The molecule has 0 amide bonds. The van der Waals surface area contributed by atoms with Gasteiger partial charge in [-0.2, -0.15) is 57.1 Å². The summed E-state index contributed by atoms with van der Waals surface area (Å²) in [6.07, 6.45) is -7.55. The molecule has 0 aliphatic carbocycles. The Morgan fingerprint density at radius 2 is 0.889 bits per heavy atom. The third kappa shape index (κ3) is 3.88. The van der Waals surface area contributed by atoms with Gasteiger partial charge in [0.2, 0.25) is 0 Å². The molecule has 0 aromatic carbocycles. The fraction of sp³-hybridized carbons (Fsp3) is 1.00. The molecule has 18 heteroatoms. The molecule has 0 spiro atoms. The predicted molar refractivity (Wildman–Crippen MR) is 66.2 cm³/mol. The molecule has 0 rings (SSSR count). The van der Waals surface area contributed by atoms with Gasteiger partial charge in [-0.15, -0.1) is 0 Å². The van der Waals surface area contributed by atoms with E-state index in [0.29, 0.717) is 0 Å². The Bertz CT molecular complexity index is 664. The summed E-state index contributed by atoms with van der Waals surface area (Å²) >= 11 is 0. The van der Waals surface area contributed by atoms with Gasteiger partial charge in [0, 0.05) is 0 Å². The van der Waals surface area contributed by atoms with Gasteiger partial charge >= 0.3 is 35.1 Å². The van der Waals surface area contributed by atoms with E-state index in [1.807, 2.05) is 0 Å². The van der Waals surface area contributed by atoms with Crippen LogP contribution < -0.4 is 4.39 Å². The van der Waals surface area contributed by atoms with E-state index in [0.717, 1.165) is 24.0 Å². The van der Waals surface area contributed by atoms with Crippen LogP contribution in [0.15, 0.2) is 0 Å². The molecule has 0 saturated carbocycles. The Labute approximate surface area is 144 Å². The highest BCUT2D eigenvalue weighted by atomic mass is 32.2. The maximum absolute atomic E-state index is 13.5. The average molecular weight is 471 g/mol. The molecule has 164 valence electrons. The highest BCUT2D eigenvalue weighted by Gasteiger charge is 2.92. The number of rotatable bonds is 7. The predicted octanol–water partition coefficient (Wildman–Crippen LogP) is 4.44. The van der Waals surface area contributed by atoms with E-state index in [1.165, 1.54) is 0 Å². The zero-order valence-electron chi connectivity index (χ0n) is 13.1. The summed E-state index contributed by atoms with van der Waals surface area (Å²) in [6.45, 7) is 2.55. The van der Waals surface area contributed by atoms with E-state index in [2.05, 4.69) is 0 Å². The van der Waals surface area contributed by atoms with Crippen LogP contribution in [0.1, 0.15) is 0 Å². The second kappa shape index (κ2) is 6.36. The van der Waals surface area contributed by atoms with Gasteiger partial charge in [0.1, 0.15) is 8.24 Å². The highest BCUT2D eigenvalue weighted by molar-refractivity contribution is 7.92. The molecule has 0 aliphatic heterocycles. The van der Waals surface area contributed by atoms with Crippen molar-refractivity contribution in [2.45, 2.75) is 54.8 Å². The minimum atomic E-state index is -8.14. The molecule has 27 heavy (non-hydrogen) atoms. The number of hydrogen-bond acceptors (Lipinski definition) is 2. The zero-order chi connectivity index (χ0) is 22.7. The Morgan fingerprint density at radius 3 is 1.15 bits per heavy atom. The van der Waals surface area contributed by atoms with Crippen molar-refractivity contribution in [3.05, 3.63) is 0 Å². The van der Waals surface area contributed by atoms with Crippen molar-refractivity contribution in [1.29, 1.82) is 0 Å². The zero-order valence-corrected chi connectivity index (χ0v) is 15.0. The Kier molecular flexibility index (Phi) is 6.18. The molecule has 0 bridgehead atoms. The third-order valence-corrected chi connectivity index (χ3v) is 7.14. The summed E-state index contributed by atoms with van der Waals surface area (Å²) in [5.74, 6) is -32.1. The van der Waals surface area contributed by atoms with Gasteiger partial charge in [0.15, 0.2) is 0 Å². The van der Waals surface area contributed by atoms with Crippen LogP contribution in [0.2, 0.25) is 19.6 Å². The summed E-state index contributed by atoms with van der Waals surface area (Å²) in [5.41, 5.74) is 0. The second-order valence-corrected chi connectivity index (χ2v) is 13.0. The number of hydrogen-bond donors (Lipinski definition) is 1. The fourth-order valence-corrected chi connectivity index (χ4v) is 5.59. The van der Waals surface area contributed by atoms with Crippen molar-refractivity contribution < 1.29 is 65.5 Å². The van der Waals surface area contributed by atoms with Gasteiger partial charge in [0.05, 0.1) is 0 Å². The average Bonchev–Trinajstić information content (AvgIpc) is 2.33. The van der Waals surface area contributed by atoms with E-state index in [4.69, 9.17) is 0 Å². The van der Waals surface area contributed by atoms with Crippen LogP contribution in [0, 0.1) is 0 Å². The highest BCUT2D eigenvalue weighted by Crippen LogP contribution is 2.60. The lowest BCUT2D eigenvalue weighted by atomic mass is 9.98. The topological polar surface area (TPSA) is 46.2 Å². The number of alkyl halides is 13. The molecule has 0 unspecified atom stereocenters. The lowest BCUT2D eigenvalue weighted by Crippen LogP contribution is -2.72. The molecule has 3 nitrogen and oxygen atoms in total. The lowest BCUT2D eigenvalue weighted by Gasteiger charge is -2.39. The van der Waals surface area contributed by atoms with Crippen LogP contribution in [-0.2, 0) is 10.0 Å². The quantitative estimate of drug-likeness (QED) is 0.441. The minimum absolute atomic E-state index is 0.828. The normalized spacial score (nSPS) is 16.6. The summed E-state index contributed by atoms with van der Waals surface area (Å²) in [5, 5.41) is -7.19. The van der Waals surface area contributed by atoms with Crippen molar-refractivity contribution in [3.63, 3.8) is 0 Å². The van der Waals surface area contributed by atoms with Gasteiger partial charge in [-0.25, -0.2) is 12.8 Å². The molecule has 0 heterocycles. The van der Waals surface area contributed by atoms with Crippen molar-refractivity contribution in [2.24, 2.45) is 0 Å². The second-order valence-electron chi connectivity index (χ2n) is 6.17. The summed E-state index contributed by atoms with van der Waals surface area (Å²) in [7, 11) is -10.5. The van der Waals surface area contributed by atoms with Gasteiger partial charge < -0.3 is 0 Å². The molecule has 0 fully saturated rings. The maximum atomic E-state index is 13.5. The SMILES string of the molecule is C[Si](C)(C)NS(=O)(=O)C(F)(F)C(F)(F)C(F)(F)C(F)(F)C(F)(F)C(F)(F)F. The smallest absolute Gasteiger partial charge is 0.232 e. The van der Waals surface area contributed by atoms with Crippen molar-refractivity contribution >= 4 is 18.3 Å². The van der Waals surface area contributed by atoms with Crippen molar-refractivity contribution in [3.8, 4) is 0 Å². The van der Waals surface area contributed by atoms with E-state index >= 15 is 0 Å². The monoisotopic (exact) mass is 471 g/mol. The van der Waals surface area contributed by atoms with E-state index in [1.54, 1.807) is 0 Å². The van der Waals surface area contributed by atoms with Gasteiger partial charge in [0.25, 0.3) is 10.0 Å². The standard InChI is InChI=1S/C9H10F13NO2SSi/c1-27(2,3)23-26(24,25)9(21,22)7(16,17)5(12,13)4(10,11)6(14,15)8(18,19)20/h23H,1-3H3. The van der Waals surface area contributed by atoms with Gasteiger partial charge in [-0.05, 0) is 0 Å². The molecule has 0 aliphatic rings. The first-order valence-corrected chi connectivity index (χ1v) is 11.2. The van der Waals surface area contributed by atoms with E-state index in [9.17, 15) is 65.5 Å². The molecule has 0 saturated heterocycles. The summed E-state index contributed by atoms with van der Waals surface area (Å²) < 4.78 is 190. The molecule has 0 atom stereocenters. The largest absolute Gasteiger partial charge is 0.460 e. The first-order chi connectivity index (χ1) is 11.2. The third-order valence-electron chi connectivity index (χ3n) is 2.68. The van der Waals surface area contributed by atoms with E-state index in [-0.39, 0.29) is 0 Å². The van der Waals surface area contributed by atoms with Gasteiger partial charge in [-0.1, -0.05) is 19.6 Å². The summed E-state index contributed by atoms with van der Waals surface area (Å²) in [6, 6.07) is 0.